The molecule has 6 aromatic carbocycles. The number of aromatic nitrogens is 2. The highest BCUT2D eigenvalue weighted by atomic mass is 15.1. The molecule has 0 aliphatic carbocycles. The van der Waals surface area contributed by atoms with Crippen molar-refractivity contribution in [1.82, 2.24) is 9.55 Å². The van der Waals surface area contributed by atoms with Gasteiger partial charge in [0.05, 0.1) is 16.7 Å². The average molecular weight is 505 g/mol. The normalized spacial score (nSPS) is 12.1. The van der Waals surface area contributed by atoms with Crippen LogP contribution >= 0.6 is 0 Å². The number of hydrogen-bond donors (Lipinski definition) is 0. The highest BCUT2D eigenvalue weighted by Gasteiger charge is 2.22. The Balaban J connectivity index is 1.60. The van der Waals surface area contributed by atoms with Gasteiger partial charge >= 0.3 is 0 Å². The third-order valence-electron chi connectivity index (χ3n) is 8.13. The van der Waals surface area contributed by atoms with E-state index in [1.807, 2.05) is 0 Å². The van der Waals surface area contributed by atoms with Crippen LogP contribution in [0.3, 0.4) is 0 Å². The van der Waals surface area contributed by atoms with E-state index in [1.54, 1.807) is 0 Å². The summed E-state index contributed by atoms with van der Waals surface area (Å²) in [5, 5.41) is 7.70. The fourth-order valence-electron chi connectivity index (χ4n) is 6.26. The Morgan fingerprint density at radius 2 is 1.03 bits per heavy atom. The lowest BCUT2D eigenvalue weighted by atomic mass is 9.91. The molecule has 0 aliphatic heterocycles. The number of benzene rings is 6. The molecule has 190 valence electrons. The van der Waals surface area contributed by atoms with Gasteiger partial charge in [0.1, 0.15) is 5.82 Å². The molecule has 7 rings (SSSR count). The molecule has 0 unspecified atom stereocenters. The van der Waals surface area contributed by atoms with Gasteiger partial charge in [-0.25, -0.2) is 4.98 Å². The molecule has 0 spiro atoms. The minimum Gasteiger partial charge on any atom is -0.292 e. The van der Waals surface area contributed by atoms with Gasteiger partial charge in [0.15, 0.2) is 0 Å². The Labute approximate surface area is 229 Å². The van der Waals surface area contributed by atoms with Crippen molar-refractivity contribution in [2.75, 3.05) is 0 Å². The van der Waals surface area contributed by atoms with Crippen molar-refractivity contribution in [3.63, 3.8) is 0 Å². The van der Waals surface area contributed by atoms with E-state index < -0.39 is 0 Å². The topological polar surface area (TPSA) is 17.8 Å². The second-order valence-electron chi connectivity index (χ2n) is 11.2. The van der Waals surface area contributed by atoms with Crippen molar-refractivity contribution in [3.05, 3.63) is 120 Å². The molecule has 0 atom stereocenters. The molecular weight excluding hydrogens is 472 g/mol. The largest absolute Gasteiger partial charge is 0.292 e. The summed E-state index contributed by atoms with van der Waals surface area (Å²) in [5.74, 6) is 1.77. The molecular formula is C37H32N2. The number of para-hydroxylation sites is 3. The highest BCUT2D eigenvalue weighted by molar-refractivity contribution is 6.25. The third kappa shape index (κ3) is 3.66. The van der Waals surface area contributed by atoms with E-state index in [-0.39, 0.29) is 0 Å². The summed E-state index contributed by atoms with van der Waals surface area (Å²) in [7, 11) is 0. The lowest BCUT2D eigenvalue weighted by Gasteiger charge is -2.22. The van der Waals surface area contributed by atoms with Crippen molar-refractivity contribution < 1.29 is 0 Å². The fraction of sp³-hybridized carbons (Fsp3) is 0.162. The molecule has 0 fully saturated rings. The van der Waals surface area contributed by atoms with E-state index in [0.29, 0.717) is 11.8 Å². The van der Waals surface area contributed by atoms with E-state index in [9.17, 15) is 0 Å². The number of imidazole rings is 1. The van der Waals surface area contributed by atoms with Gasteiger partial charge in [0, 0.05) is 5.56 Å². The third-order valence-corrected chi connectivity index (χ3v) is 8.13. The Kier molecular flexibility index (Phi) is 5.52. The Hall–Kier alpha value is -4.43. The molecule has 0 radical (unpaired) electrons. The first-order valence-electron chi connectivity index (χ1n) is 14.0. The summed E-state index contributed by atoms with van der Waals surface area (Å²) in [6.07, 6.45) is 0. The molecule has 0 amide bonds. The van der Waals surface area contributed by atoms with Crippen LogP contribution in [0.25, 0.3) is 60.4 Å². The quantitative estimate of drug-likeness (QED) is 0.218. The molecule has 39 heavy (non-hydrogen) atoms. The van der Waals surface area contributed by atoms with Gasteiger partial charge in [-0.3, -0.25) is 4.57 Å². The Bertz CT molecular complexity index is 1960. The summed E-state index contributed by atoms with van der Waals surface area (Å²) < 4.78 is 2.42. The molecule has 0 saturated carbocycles. The first-order valence-corrected chi connectivity index (χ1v) is 14.0. The van der Waals surface area contributed by atoms with Crippen LogP contribution in [-0.4, -0.2) is 9.55 Å². The van der Waals surface area contributed by atoms with Crippen molar-refractivity contribution >= 4 is 43.4 Å². The van der Waals surface area contributed by atoms with Crippen LogP contribution in [0.15, 0.2) is 109 Å². The van der Waals surface area contributed by atoms with Crippen LogP contribution in [0.2, 0.25) is 0 Å². The van der Waals surface area contributed by atoms with Crippen molar-refractivity contribution in [1.29, 1.82) is 0 Å². The van der Waals surface area contributed by atoms with E-state index >= 15 is 0 Å². The fourth-order valence-corrected chi connectivity index (χ4v) is 6.26. The number of fused-ring (bicyclic) bond motifs is 7. The molecule has 2 heteroatoms. The standard InChI is InChI=1S/C37H32N2/c1-23(2)26-16-11-17-27(24(3)4)36(26)39-35-19-10-9-18-34(35)38-37(39)25-20-21-32-30-14-6-5-12-28(30)29-13-7-8-15-31(29)33(32)22-25/h5-24H,1-4H3. The average Bonchev–Trinajstić information content (AvgIpc) is 3.36. The zero-order valence-electron chi connectivity index (χ0n) is 22.9. The summed E-state index contributed by atoms with van der Waals surface area (Å²) in [4.78, 5) is 5.27. The van der Waals surface area contributed by atoms with Crippen LogP contribution in [0.1, 0.15) is 50.7 Å². The molecule has 0 saturated heterocycles. The van der Waals surface area contributed by atoms with Crippen LogP contribution < -0.4 is 0 Å². The maximum absolute atomic E-state index is 5.27. The predicted molar refractivity (Wildman–Crippen MR) is 167 cm³/mol. The predicted octanol–water partition coefficient (Wildman–Crippen LogP) is 10.4. The maximum atomic E-state index is 5.27. The second kappa shape index (κ2) is 9.10. The molecule has 1 heterocycles. The van der Waals surface area contributed by atoms with E-state index in [1.165, 1.54) is 49.1 Å². The molecule has 0 aliphatic rings. The lowest BCUT2D eigenvalue weighted by Crippen LogP contribution is -2.08. The molecule has 0 bridgehead atoms. The van der Waals surface area contributed by atoms with Gasteiger partial charge < -0.3 is 0 Å². The number of hydrogen-bond acceptors (Lipinski definition) is 1. The SMILES string of the molecule is CC(C)c1cccc(C(C)C)c1-n1c(-c2ccc3c4ccccc4c4ccccc4c3c2)nc2ccccc21. The van der Waals surface area contributed by atoms with Crippen LogP contribution in [0, 0.1) is 0 Å². The number of nitrogens with zero attached hydrogens (tertiary/aromatic N) is 2. The van der Waals surface area contributed by atoms with Gasteiger partial charge in [-0.1, -0.05) is 119 Å². The van der Waals surface area contributed by atoms with Gasteiger partial charge in [-0.05, 0) is 73.5 Å². The zero-order chi connectivity index (χ0) is 26.7. The molecule has 2 nitrogen and oxygen atoms in total. The summed E-state index contributed by atoms with van der Waals surface area (Å²) in [5.41, 5.74) is 7.27. The van der Waals surface area contributed by atoms with Gasteiger partial charge in [0.2, 0.25) is 0 Å². The first kappa shape index (κ1) is 23.7. The minimum absolute atomic E-state index is 0.389. The Morgan fingerprint density at radius 3 is 1.62 bits per heavy atom. The molecule has 0 N–H and O–H groups in total. The summed E-state index contributed by atoms with van der Waals surface area (Å²) in [6, 6.07) is 39.8. The van der Waals surface area contributed by atoms with E-state index in [2.05, 4.69) is 141 Å². The van der Waals surface area contributed by atoms with E-state index in [0.717, 1.165) is 22.4 Å². The minimum atomic E-state index is 0.389. The first-order chi connectivity index (χ1) is 19.0. The molecule has 7 aromatic rings. The van der Waals surface area contributed by atoms with Crippen molar-refractivity contribution in [2.45, 2.75) is 39.5 Å². The van der Waals surface area contributed by atoms with Crippen LogP contribution in [0.5, 0.6) is 0 Å². The van der Waals surface area contributed by atoms with Crippen molar-refractivity contribution in [2.24, 2.45) is 0 Å². The van der Waals surface area contributed by atoms with Gasteiger partial charge in [-0.15, -0.1) is 0 Å². The summed E-state index contributed by atoms with van der Waals surface area (Å²) >= 11 is 0. The van der Waals surface area contributed by atoms with Crippen LogP contribution in [0.4, 0.5) is 0 Å². The van der Waals surface area contributed by atoms with Crippen LogP contribution in [-0.2, 0) is 0 Å². The number of rotatable bonds is 4. The van der Waals surface area contributed by atoms with Crippen molar-refractivity contribution in [3.8, 4) is 17.1 Å². The highest BCUT2D eigenvalue weighted by Crippen LogP contribution is 2.40. The maximum Gasteiger partial charge on any atom is 0.145 e. The smallest absolute Gasteiger partial charge is 0.145 e. The zero-order valence-corrected chi connectivity index (χ0v) is 22.9. The second-order valence-corrected chi connectivity index (χ2v) is 11.2. The molecule has 1 aromatic heterocycles. The van der Waals surface area contributed by atoms with Gasteiger partial charge in [-0.2, -0.15) is 0 Å². The monoisotopic (exact) mass is 504 g/mol. The Morgan fingerprint density at radius 1 is 0.513 bits per heavy atom. The van der Waals surface area contributed by atoms with E-state index in [4.69, 9.17) is 4.98 Å². The summed E-state index contributed by atoms with van der Waals surface area (Å²) in [6.45, 7) is 9.15. The lowest BCUT2D eigenvalue weighted by molar-refractivity contribution is 0.811. The van der Waals surface area contributed by atoms with Gasteiger partial charge in [0.25, 0.3) is 0 Å².